The lowest BCUT2D eigenvalue weighted by atomic mass is 10.0. The highest BCUT2D eigenvalue weighted by Crippen LogP contribution is 2.37. The molecule has 0 bridgehead atoms. The number of benzene rings is 4. The maximum atomic E-state index is 14.4. The molecule has 0 aliphatic rings. The highest BCUT2D eigenvalue weighted by molar-refractivity contribution is 8.03. The number of rotatable bonds is 6. The predicted octanol–water partition coefficient (Wildman–Crippen LogP) is 6.71. The smallest absolute Gasteiger partial charge is 0.202 e. The average molecular weight is 524 g/mol. The summed E-state index contributed by atoms with van der Waals surface area (Å²) in [4.78, 5) is -1.41. The molecule has 3 nitrogen and oxygen atoms in total. The Morgan fingerprint density at radius 2 is 1.20 bits per heavy atom. The summed E-state index contributed by atoms with van der Waals surface area (Å²) in [5.41, 5.74) is 2.12. The summed E-state index contributed by atoms with van der Waals surface area (Å²) < 4.78 is 101. The minimum Gasteiger partial charge on any atom is -0.202 e. The van der Waals surface area contributed by atoms with Gasteiger partial charge >= 0.3 is 10.1 Å². The summed E-state index contributed by atoms with van der Waals surface area (Å²) in [7, 11) is -5.47. The fourth-order valence-electron chi connectivity index (χ4n) is 3.32. The van der Waals surface area contributed by atoms with Crippen LogP contribution in [0.4, 0.5) is 22.0 Å². The Balaban J connectivity index is 1.93. The van der Waals surface area contributed by atoms with Gasteiger partial charge in [0.05, 0.1) is 0 Å². The van der Waals surface area contributed by atoms with E-state index >= 15 is 0 Å². The predicted molar refractivity (Wildman–Crippen MR) is 121 cm³/mol. The summed E-state index contributed by atoms with van der Waals surface area (Å²) >= 11 is -1.84. The molecule has 0 aliphatic carbocycles. The van der Waals surface area contributed by atoms with Crippen molar-refractivity contribution >= 4 is 21.3 Å². The van der Waals surface area contributed by atoms with E-state index in [0.29, 0.717) is 20.9 Å². The lowest BCUT2D eigenvalue weighted by molar-refractivity contribution is 0.354. The molecule has 0 saturated carbocycles. The maximum absolute atomic E-state index is 14.4. The molecule has 1 atom stereocenters. The van der Waals surface area contributed by atoms with Crippen molar-refractivity contribution in [3.8, 4) is 11.1 Å². The van der Waals surface area contributed by atoms with Crippen LogP contribution < -0.4 is 0 Å². The molecular formula is C25H16F5O3S2+. The first-order valence-electron chi connectivity index (χ1n) is 10.0. The van der Waals surface area contributed by atoms with Crippen molar-refractivity contribution in [3.05, 3.63) is 114 Å². The highest BCUT2D eigenvalue weighted by atomic mass is 32.3. The molecule has 0 N–H and O–H groups in total. The Labute approximate surface area is 201 Å². The number of hydrogen-bond acceptors (Lipinski definition) is 3. The lowest BCUT2D eigenvalue weighted by Crippen LogP contribution is -2.20. The Kier molecular flexibility index (Phi) is 6.98. The molecule has 0 fully saturated rings. The number of halogens is 5. The van der Waals surface area contributed by atoms with E-state index in [1.165, 1.54) is 12.1 Å². The third kappa shape index (κ3) is 4.82. The van der Waals surface area contributed by atoms with Crippen molar-refractivity contribution in [2.75, 3.05) is 0 Å². The fourth-order valence-corrected chi connectivity index (χ4v) is 6.76. The fraction of sp³-hybridized carbons (Fsp3) is 0.0400. The second-order valence-corrected chi connectivity index (χ2v) is 10.7. The molecule has 4 rings (SSSR count). The molecule has 0 aliphatic heterocycles. The van der Waals surface area contributed by atoms with E-state index < -0.39 is 55.3 Å². The molecule has 0 aromatic heterocycles. The molecule has 0 spiro atoms. The second-order valence-electron chi connectivity index (χ2n) is 7.37. The van der Waals surface area contributed by atoms with Crippen LogP contribution in [0.25, 0.3) is 11.1 Å². The van der Waals surface area contributed by atoms with E-state index in [0.717, 1.165) is 5.56 Å². The quantitative estimate of drug-likeness (QED) is 0.122. The Morgan fingerprint density at radius 3 is 1.77 bits per heavy atom. The summed E-state index contributed by atoms with van der Waals surface area (Å²) in [6.45, 7) is 1.82. The highest BCUT2D eigenvalue weighted by Gasteiger charge is 2.43. The average Bonchev–Trinajstić information content (AvgIpc) is 2.86. The van der Waals surface area contributed by atoms with Crippen LogP contribution in [0.2, 0.25) is 0 Å². The largest absolute Gasteiger partial charge is 0.347 e. The zero-order valence-corrected chi connectivity index (χ0v) is 19.6. The molecule has 4 aromatic rings. The zero-order valence-electron chi connectivity index (χ0n) is 17.9. The molecule has 10 heteroatoms. The van der Waals surface area contributed by atoms with Gasteiger partial charge in [-0.2, -0.15) is 8.42 Å². The van der Waals surface area contributed by atoms with E-state index in [4.69, 9.17) is 3.63 Å². The molecule has 0 amide bonds. The maximum Gasteiger partial charge on any atom is 0.347 e. The molecule has 0 saturated heterocycles. The van der Waals surface area contributed by atoms with Gasteiger partial charge in [0, 0.05) is 5.56 Å². The summed E-state index contributed by atoms with van der Waals surface area (Å²) in [5, 5.41) is 0. The van der Waals surface area contributed by atoms with Crippen LogP contribution in [0.3, 0.4) is 0 Å². The van der Waals surface area contributed by atoms with Crippen molar-refractivity contribution in [1.29, 1.82) is 0 Å². The first-order valence-corrected chi connectivity index (χ1v) is 12.6. The van der Waals surface area contributed by atoms with E-state index in [1.54, 1.807) is 66.7 Å². The molecular weight excluding hydrogens is 507 g/mol. The minimum atomic E-state index is -5.47. The van der Waals surface area contributed by atoms with Gasteiger partial charge in [0.15, 0.2) is 33.1 Å². The van der Waals surface area contributed by atoms with E-state index in [-0.39, 0.29) is 0 Å². The molecule has 1 unspecified atom stereocenters. The Morgan fingerprint density at radius 1 is 0.686 bits per heavy atom. The Bertz CT molecular complexity index is 1470. The van der Waals surface area contributed by atoms with Gasteiger partial charge in [0.2, 0.25) is 21.9 Å². The van der Waals surface area contributed by atoms with Crippen molar-refractivity contribution in [3.63, 3.8) is 0 Å². The van der Waals surface area contributed by atoms with Crippen LogP contribution in [0.5, 0.6) is 0 Å². The monoisotopic (exact) mass is 523 g/mol. The standard InChI is InChI=1S/C25H16F5O3S2/c1-15-12-13-19(18(14-15)16-8-4-2-5-9-16)34(17-10-6-3-7-11-17)33-35(31,32)25-23(29)21(27)20(26)22(28)24(25)30/h2-14H,1H3/q+1. The van der Waals surface area contributed by atoms with E-state index in [9.17, 15) is 30.4 Å². The lowest BCUT2D eigenvalue weighted by Gasteiger charge is -2.13. The van der Waals surface area contributed by atoms with Gasteiger partial charge in [0.25, 0.3) is 0 Å². The third-order valence-electron chi connectivity index (χ3n) is 4.95. The van der Waals surface area contributed by atoms with Crippen molar-refractivity contribution in [1.82, 2.24) is 0 Å². The van der Waals surface area contributed by atoms with Crippen molar-refractivity contribution in [2.45, 2.75) is 21.6 Å². The number of hydrogen-bond donors (Lipinski definition) is 0. The van der Waals surface area contributed by atoms with Gasteiger partial charge in [-0.3, -0.25) is 0 Å². The minimum absolute atomic E-state index is 0.306. The van der Waals surface area contributed by atoms with Crippen LogP contribution >= 0.6 is 0 Å². The van der Waals surface area contributed by atoms with Crippen molar-refractivity contribution < 1.29 is 34.0 Å². The molecule has 0 heterocycles. The topological polar surface area (TPSA) is 43.4 Å². The number of aryl methyl sites for hydroxylation is 1. The normalized spacial score (nSPS) is 12.5. The zero-order chi connectivity index (χ0) is 25.3. The van der Waals surface area contributed by atoms with Crippen LogP contribution in [0.1, 0.15) is 5.56 Å². The van der Waals surface area contributed by atoms with Crippen LogP contribution in [0.15, 0.2) is 93.5 Å². The summed E-state index contributed by atoms with van der Waals surface area (Å²) in [6, 6.07) is 21.9. The van der Waals surface area contributed by atoms with Crippen LogP contribution in [-0.4, -0.2) is 8.42 Å². The van der Waals surface area contributed by atoms with Gasteiger partial charge in [-0.25, -0.2) is 22.0 Å². The molecule has 35 heavy (non-hydrogen) atoms. The first-order chi connectivity index (χ1) is 16.6. The second kappa shape index (κ2) is 9.80. The Hall–Kier alpha value is -3.21. The van der Waals surface area contributed by atoms with Gasteiger partial charge in [0.1, 0.15) is 0 Å². The van der Waals surface area contributed by atoms with Gasteiger partial charge in [-0.1, -0.05) is 60.2 Å². The summed E-state index contributed by atoms with van der Waals surface area (Å²) in [6.07, 6.45) is 0. The first kappa shape index (κ1) is 24.9. The van der Waals surface area contributed by atoms with Crippen LogP contribution in [-0.2, 0) is 24.9 Å². The van der Waals surface area contributed by atoms with Crippen LogP contribution in [0, 0.1) is 36.0 Å². The summed E-state index contributed by atoms with van der Waals surface area (Å²) in [5.74, 6) is -12.2. The van der Waals surface area contributed by atoms with E-state index in [1.807, 2.05) is 6.92 Å². The molecule has 180 valence electrons. The third-order valence-corrected chi connectivity index (χ3v) is 8.53. The molecule has 0 radical (unpaired) electrons. The SMILES string of the molecule is Cc1ccc([S+](OS(=O)(=O)c2c(F)c(F)c(F)c(F)c2F)c2ccccc2)c(-c2ccccc2)c1. The van der Waals surface area contributed by atoms with Gasteiger partial charge < -0.3 is 0 Å². The molecule has 4 aromatic carbocycles. The van der Waals surface area contributed by atoms with Gasteiger partial charge in [-0.05, 0) is 40.4 Å². The van der Waals surface area contributed by atoms with Gasteiger partial charge in [-0.15, -0.1) is 0 Å². The van der Waals surface area contributed by atoms with Crippen molar-refractivity contribution in [2.24, 2.45) is 0 Å². The van der Waals surface area contributed by atoms with E-state index in [2.05, 4.69) is 0 Å².